The lowest BCUT2D eigenvalue weighted by Crippen LogP contribution is -2.00. The van der Waals surface area contributed by atoms with Crippen LogP contribution in [0.3, 0.4) is 0 Å². The molecule has 1 rings (SSSR count). The molecule has 0 saturated carbocycles. The first-order valence-corrected chi connectivity index (χ1v) is 3.70. The Bertz CT molecular complexity index is 310. The average molecular weight is 186 g/mol. The summed E-state index contributed by atoms with van der Waals surface area (Å²) in [7, 11) is 0. The van der Waals surface area contributed by atoms with Gasteiger partial charge in [0.15, 0.2) is 0 Å². The van der Waals surface area contributed by atoms with Crippen molar-refractivity contribution >= 4 is 5.97 Å². The summed E-state index contributed by atoms with van der Waals surface area (Å²) in [5.41, 5.74) is 0.382. The van der Waals surface area contributed by atoms with Gasteiger partial charge in [0, 0.05) is 6.42 Å². The Morgan fingerprint density at radius 2 is 2.15 bits per heavy atom. The van der Waals surface area contributed by atoms with E-state index in [-0.39, 0.29) is 5.56 Å². The van der Waals surface area contributed by atoms with Crippen LogP contribution >= 0.6 is 0 Å². The van der Waals surface area contributed by atoms with Gasteiger partial charge in [0.05, 0.1) is 5.56 Å². The van der Waals surface area contributed by atoms with Crippen LogP contribution in [0.1, 0.15) is 15.9 Å². The number of halogens is 2. The van der Waals surface area contributed by atoms with Crippen LogP contribution in [0.25, 0.3) is 0 Å². The second-order valence-electron chi connectivity index (χ2n) is 2.60. The normalized spacial score (nSPS) is 10.4. The van der Waals surface area contributed by atoms with Crippen LogP contribution in [0.5, 0.6) is 0 Å². The maximum absolute atomic E-state index is 11.9. The Hall–Kier alpha value is -1.45. The van der Waals surface area contributed by atoms with Crippen molar-refractivity contribution in [1.82, 2.24) is 0 Å². The standard InChI is InChI=1S/C9H8F2O2/c10-8(11)5-6-2-1-3-7(4-6)9(12)13/h1-4,8H,5H2,(H,12,13). The molecule has 0 aromatic heterocycles. The van der Waals surface area contributed by atoms with E-state index in [1.165, 1.54) is 24.3 Å². The molecular weight excluding hydrogens is 178 g/mol. The van der Waals surface area contributed by atoms with Crippen molar-refractivity contribution in [3.05, 3.63) is 35.4 Å². The molecule has 1 aromatic carbocycles. The molecular formula is C9H8F2O2. The summed E-state index contributed by atoms with van der Waals surface area (Å²) >= 11 is 0. The molecule has 0 bridgehead atoms. The number of hydrogen-bond donors (Lipinski definition) is 1. The highest BCUT2D eigenvalue weighted by Gasteiger charge is 2.07. The van der Waals surface area contributed by atoms with Gasteiger partial charge in [0.25, 0.3) is 0 Å². The van der Waals surface area contributed by atoms with E-state index in [0.717, 1.165) is 0 Å². The Labute approximate surface area is 73.8 Å². The fourth-order valence-corrected chi connectivity index (χ4v) is 1.01. The van der Waals surface area contributed by atoms with E-state index < -0.39 is 18.8 Å². The summed E-state index contributed by atoms with van der Waals surface area (Å²) in [6.45, 7) is 0. The fraction of sp³-hybridized carbons (Fsp3) is 0.222. The summed E-state index contributed by atoms with van der Waals surface area (Å²) < 4.78 is 23.8. The van der Waals surface area contributed by atoms with E-state index in [0.29, 0.717) is 5.56 Å². The zero-order valence-corrected chi connectivity index (χ0v) is 6.71. The van der Waals surface area contributed by atoms with Crippen LogP contribution in [-0.2, 0) is 6.42 Å². The predicted octanol–water partition coefficient (Wildman–Crippen LogP) is 2.19. The molecule has 0 aliphatic heterocycles. The summed E-state index contributed by atoms with van der Waals surface area (Å²) in [6, 6.07) is 5.57. The lowest BCUT2D eigenvalue weighted by atomic mass is 10.1. The SMILES string of the molecule is O=C(O)c1cccc(CC(F)F)c1. The molecule has 0 heterocycles. The fourth-order valence-electron chi connectivity index (χ4n) is 1.01. The molecule has 0 amide bonds. The van der Waals surface area contributed by atoms with Crippen molar-refractivity contribution in [1.29, 1.82) is 0 Å². The lowest BCUT2D eigenvalue weighted by molar-refractivity contribution is 0.0696. The van der Waals surface area contributed by atoms with Crippen molar-refractivity contribution in [2.24, 2.45) is 0 Å². The third-order valence-corrected chi connectivity index (χ3v) is 1.56. The van der Waals surface area contributed by atoms with Gasteiger partial charge >= 0.3 is 5.97 Å². The van der Waals surface area contributed by atoms with Crippen LogP contribution in [0.15, 0.2) is 24.3 Å². The average Bonchev–Trinajstić information content (AvgIpc) is 2.03. The molecule has 0 saturated heterocycles. The number of carbonyl (C=O) groups is 1. The van der Waals surface area contributed by atoms with Gasteiger partial charge in [-0.05, 0) is 17.7 Å². The Balaban J connectivity index is 2.85. The van der Waals surface area contributed by atoms with Crippen LogP contribution in [-0.4, -0.2) is 17.5 Å². The molecule has 0 radical (unpaired) electrons. The van der Waals surface area contributed by atoms with E-state index in [1.54, 1.807) is 0 Å². The molecule has 1 aromatic rings. The van der Waals surface area contributed by atoms with E-state index in [2.05, 4.69) is 0 Å². The topological polar surface area (TPSA) is 37.3 Å². The largest absolute Gasteiger partial charge is 0.478 e. The molecule has 0 unspecified atom stereocenters. The highest BCUT2D eigenvalue weighted by atomic mass is 19.3. The van der Waals surface area contributed by atoms with Crippen molar-refractivity contribution in [3.8, 4) is 0 Å². The van der Waals surface area contributed by atoms with Crippen molar-refractivity contribution in [3.63, 3.8) is 0 Å². The smallest absolute Gasteiger partial charge is 0.335 e. The first kappa shape index (κ1) is 9.64. The van der Waals surface area contributed by atoms with Crippen LogP contribution in [0, 0.1) is 0 Å². The number of carboxylic acid groups (broad SMARTS) is 1. The minimum atomic E-state index is -2.44. The van der Waals surface area contributed by atoms with Crippen LogP contribution < -0.4 is 0 Å². The molecule has 13 heavy (non-hydrogen) atoms. The number of alkyl halides is 2. The number of benzene rings is 1. The Morgan fingerprint density at radius 3 is 2.69 bits per heavy atom. The second kappa shape index (κ2) is 3.98. The summed E-state index contributed by atoms with van der Waals surface area (Å²) in [5, 5.41) is 8.56. The van der Waals surface area contributed by atoms with Gasteiger partial charge in [0.2, 0.25) is 6.43 Å². The highest BCUT2D eigenvalue weighted by Crippen LogP contribution is 2.09. The highest BCUT2D eigenvalue weighted by molar-refractivity contribution is 5.87. The third-order valence-electron chi connectivity index (χ3n) is 1.56. The molecule has 0 aliphatic rings. The van der Waals surface area contributed by atoms with Gasteiger partial charge in [-0.2, -0.15) is 0 Å². The Morgan fingerprint density at radius 1 is 1.46 bits per heavy atom. The van der Waals surface area contributed by atoms with Gasteiger partial charge in [-0.25, -0.2) is 13.6 Å². The zero-order valence-electron chi connectivity index (χ0n) is 6.71. The summed E-state index contributed by atoms with van der Waals surface area (Å²) in [6.07, 6.45) is -2.84. The maximum Gasteiger partial charge on any atom is 0.335 e. The summed E-state index contributed by atoms with van der Waals surface area (Å²) in [4.78, 5) is 10.5. The van der Waals surface area contributed by atoms with Gasteiger partial charge in [-0.1, -0.05) is 12.1 Å². The van der Waals surface area contributed by atoms with Crippen molar-refractivity contribution in [2.45, 2.75) is 12.8 Å². The molecule has 0 aliphatic carbocycles. The van der Waals surface area contributed by atoms with Gasteiger partial charge in [0.1, 0.15) is 0 Å². The second-order valence-corrected chi connectivity index (χ2v) is 2.60. The van der Waals surface area contributed by atoms with Gasteiger partial charge in [-0.15, -0.1) is 0 Å². The minimum absolute atomic E-state index is 0.0400. The zero-order chi connectivity index (χ0) is 9.84. The molecule has 0 fully saturated rings. The molecule has 4 heteroatoms. The quantitative estimate of drug-likeness (QED) is 0.785. The van der Waals surface area contributed by atoms with E-state index in [1.807, 2.05) is 0 Å². The van der Waals surface area contributed by atoms with Gasteiger partial charge < -0.3 is 5.11 Å². The lowest BCUT2D eigenvalue weighted by Gasteiger charge is -2.00. The number of carboxylic acids is 1. The monoisotopic (exact) mass is 186 g/mol. The van der Waals surface area contributed by atoms with E-state index >= 15 is 0 Å². The number of hydrogen-bond acceptors (Lipinski definition) is 1. The molecule has 70 valence electrons. The molecule has 0 spiro atoms. The molecule has 2 nitrogen and oxygen atoms in total. The Kier molecular flexibility index (Phi) is 2.95. The van der Waals surface area contributed by atoms with Crippen LogP contribution in [0.2, 0.25) is 0 Å². The first-order chi connectivity index (χ1) is 6.09. The molecule has 0 atom stereocenters. The van der Waals surface area contributed by atoms with E-state index in [4.69, 9.17) is 5.11 Å². The third kappa shape index (κ3) is 2.82. The van der Waals surface area contributed by atoms with Gasteiger partial charge in [-0.3, -0.25) is 0 Å². The minimum Gasteiger partial charge on any atom is -0.478 e. The van der Waals surface area contributed by atoms with E-state index in [9.17, 15) is 13.6 Å². The predicted molar refractivity (Wildman–Crippen MR) is 43.1 cm³/mol. The van der Waals surface area contributed by atoms with Crippen LogP contribution in [0.4, 0.5) is 8.78 Å². The first-order valence-electron chi connectivity index (χ1n) is 3.70. The van der Waals surface area contributed by atoms with Crippen molar-refractivity contribution in [2.75, 3.05) is 0 Å². The maximum atomic E-state index is 11.9. The molecule has 1 N–H and O–H groups in total. The summed E-state index contributed by atoms with van der Waals surface area (Å²) in [5.74, 6) is -1.10. The van der Waals surface area contributed by atoms with Crippen molar-refractivity contribution < 1.29 is 18.7 Å². The number of rotatable bonds is 3. The number of aromatic carboxylic acids is 1.